The lowest BCUT2D eigenvalue weighted by atomic mass is 9.85. The van der Waals surface area contributed by atoms with Gasteiger partial charge >= 0.3 is 0 Å². The molecule has 0 saturated heterocycles. The molecule has 0 aromatic rings. The molecule has 4 nitrogen and oxygen atoms in total. The Labute approximate surface area is 104 Å². The maximum absolute atomic E-state index is 12.2. The van der Waals surface area contributed by atoms with Crippen LogP contribution in [0.4, 0.5) is 0 Å². The maximum Gasteiger partial charge on any atom is 0.227 e. The minimum atomic E-state index is -0.252. The molecule has 2 aliphatic carbocycles. The Balaban J connectivity index is 1.72. The Morgan fingerprint density at radius 3 is 2.59 bits per heavy atom. The molecule has 17 heavy (non-hydrogen) atoms. The first-order chi connectivity index (χ1) is 8.18. The average Bonchev–Trinajstić information content (AvgIpc) is 3.07. The second-order valence-corrected chi connectivity index (χ2v) is 5.66. The van der Waals surface area contributed by atoms with Crippen molar-refractivity contribution in [1.29, 1.82) is 0 Å². The van der Waals surface area contributed by atoms with Crippen molar-refractivity contribution in [3.05, 3.63) is 0 Å². The van der Waals surface area contributed by atoms with Crippen LogP contribution in [-0.2, 0) is 4.79 Å². The summed E-state index contributed by atoms with van der Waals surface area (Å²) in [6.45, 7) is 2.21. The predicted molar refractivity (Wildman–Crippen MR) is 68.6 cm³/mol. The zero-order chi connectivity index (χ0) is 12.3. The molecular weight excluding hydrogens is 214 g/mol. The van der Waals surface area contributed by atoms with Gasteiger partial charge in [0, 0.05) is 25.7 Å². The van der Waals surface area contributed by atoms with Crippen LogP contribution in [0.3, 0.4) is 0 Å². The predicted octanol–water partition coefficient (Wildman–Crippen LogP) is 0.716. The molecular formula is C13H25N3O. The summed E-state index contributed by atoms with van der Waals surface area (Å²) in [4.78, 5) is 14.5. The van der Waals surface area contributed by atoms with Crippen molar-refractivity contribution in [2.24, 2.45) is 11.1 Å². The quantitative estimate of drug-likeness (QED) is 0.718. The molecule has 98 valence electrons. The Morgan fingerprint density at radius 2 is 2.06 bits per heavy atom. The lowest BCUT2D eigenvalue weighted by Crippen LogP contribution is -2.46. The van der Waals surface area contributed by atoms with Crippen molar-refractivity contribution in [1.82, 2.24) is 10.2 Å². The number of carbonyl (C=O) groups excluding carboxylic acids is 1. The normalized spacial score (nSPS) is 23.0. The lowest BCUT2D eigenvalue weighted by molar-refractivity contribution is -0.130. The van der Waals surface area contributed by atoms with Gasteiger partial charge in [-0.3, -0.25) is 4.79 Å². The third-order valence-corrected chi connectivity index (χ3v) is 4.35. The van der Waals surface area contributed by atoms with Crippen LogP contribution in [0.25, 0.3) is 0 Å². The molecule has 1 amide bonds. The second-order valence-electron chi connectivity index (χ2n) is 5.66. The van der Waals surface area contributed by atoms with Crippen LogP contribution in [0.1, 0.15) is 38.5 Å². The van der Waals surface area contributed by atoms with Gasteiger partial charge in [-0.1, -0.05) is 12.8 Å². The van der Waals surface area contributed by atoms with Crippen molar-refractivity contribution in [2.75, 3.05) is 26.7 Å². The first-order valence-corrected chi connectivity index (χ1v) is 6.86. The summed E-state index contributed by atoms with van der Waals surface area (Å²) >= 11 is 0. The Morgan fingerprint density at radius 1 is 1.41 bits per heavy atom. The number of nitrogens with zero attached hydrogens (tertiary/aromatic N) is 1. The minimum absolute atomic E-state index is 0.182. The smallest absolute Gasteiger partial charge is 0.227 e. The summed E-state index contributed by atoms with van der Waals surface area (Å²) in [6.07, 6.45) is 6.86. The number of nitrogens with one attached hydrogen (secondary N) is 1. The van der Waals surface area contributed by atoms with Gasteiger partial charge in [0.25, 0.3) is 0 Å². The van der Waals surface area contributed by atoms with Crippen LogP contribution in [0, 0.1) is 5.41 Å². The number of likely N-dealkylation sites (N-methyl/N-ethyl adjacent to an activating group) is 1. The second kappa shape index (κ2) is 5.36. The van der Waals surface area contributed by atoms with E-state index < -0.39 is 0 Å². The number of rotatable bonds is 6. The van der Waals surface area contributed by atoms with Crippen molar-refractivity contribution in [2.45, 2.75) is 44.6 Å². The minimum Gasteiger partial charge on any atom is -0.354 e. The Bertz CT molecular complexity index is 270. The molecule has 0 spiro atoms. The first-order valence-electron chi connectivity index (χ1n) is 6.86. The van der Waals surface area contributed by atoms with Gasteiger partial charge in [0.15, 0.2) is 0 Å². The molecule has 3 N–H and O–H groups in total. The van der Waals surface area contributed by atoms with Gasteiger partial charge < -0.3 is 16.0 Å². The lowest BCUT2D eigenvalue weighted by Gasteiger charge is -2.26. The van der Waals surface area contributed by atoms with Crippen LogP contribution in [0.2, 0.25) is 0 Å². The van der Waals surface area contributed by atoms with E-state index in [0.29, 0.717) is 6.54 Å². The fourth-order valence-corrected chi connectivity index (χ4v) is 2.81. The van der Waals surface area contributed by atoms with Gasteiger partial charge in [-0.15, -0.1) is 0 Å². The van der Waals surface area contributed by atoms with Crippen LogP contribution in [-0.4, -0.2) is 43.5 Å². The zero-order valence-electron chi connectivity index (χ0n) is 10.9. The molecule has 2 fully saturated rings. The van der Waals surface area contributed by atoms with Crippen molar-refractivity contribution in [3.8, 4) is 0 Å². The molecule has 0 aromatic carbocycles. The number of hydrogen-bond donors (Lipinski definition) is 2. The van der Waals surface area contributed by atoms with Crippen LogP contribution >= 0.6 is 0 Å². The molecule has 0 atom stereocenters. The standard InChI is InChI=1S/C13H25N3O/c1-16(11-4-5-11)9-8-15-12(17)13(10-14)6-2-3-7-13/h11H,2-10,14H2,1H3,(H,15,17). The van der Waals surface area contributed by atoms with E-state index in [1.807, 2.05) is 0 Å². The highest BCUT2D eigenvalue weighted by atomic mass is 16.2. The molecule has 0 heterocycles. The van der Waals surface area contributed by atoms with Crippen molar-refractivity contribution >= 4 is 5.91 Å². The maximum atomic E-state index is 12.2. The highest BCUT2D eigenvalue weighted by Crippen LogP contribution is 2.37. The molecule has 2 aliphatic rings. The summed E-state index contributed by atoms with van der Waals surface area (Å²) in [5.74, 6) is 0.182. The molecule has 2 rings (SSSR count). The van der Waals surface area contributed by atoms with Crippen molar-refractivity contribution in [3.63, 3.8) is 0 Å². The molecule has 0 unspecified atom stereocenters. The molecule has 0 radical (unpaired) electrons. The van der Waals surface area contributed by atoms with E-state index >= 15 is 0 Å². The van der Waals surface area contributed by atoms with E-state index in [1.54, 1.807) is 0 Å². The van der Waals surface area contributed by atoms with Gasteiger partial charge in [0.1, 0.15) is 0 Å². The van der Waals surface area contributed by atoms with Crippen LogP contribution in [0.15, 0.2) is 0 Å². The monoisotopic (exact) mass is 239 g/mol. The molecule has 0 aliphatic heterocycles. The van der Waals surface area contributed by atoms with E-state index in [4.69, 9.17) is 5.73 Å². The fourth-order valence-electron chi connectivity index (χ4n) is 2.81. The van der Waals surface area contributed by atoms with E-state index in [1.165, 1.54) is 12.8 Å². The number of carbonyl (C=O) groups is 1. The summed E-state index contributed by atoms with van der Waals surface area (Å²) in [6, 6.07) is 0.766. The fraction of sp³-hybridized carbons (Fsp3) is 0.923. The topological polar surface area (TPSA) is 58.4 Å². The molecule has 4 heteroatoms. The van der Waals surface area contributed by atoms with Crippen molar-refractivity contribution < 1.29 is 4.79 Å². The average molecular weight is 239 g/mol. The van der Waals surface area contributed by atoms with E-state index in [0.717, 1.165) is 44.8 Å². The van der Waals surface area contributed by atoms with Gasteiger partial charge in [-0.2, -0.15) is 0 Å². The molecule has 2 saturated carbocycles. The number of amides is 1. The summed E-state index contributed by atoms with van der Waals surface area (Å²) in [5, 5.41) is 3.07. The van der Waals surface area contributed by atoms with Gasteiger partial charge in [-0.25, -0.2) is 0 Å². The largest absolute Gasteiger partial charge is 0.354 e. The summed E-state index contributed by atoms with van der Waals surface area (Å²) in [5.41, 5.74) is 5.54. The highest BCUT2D eigenvalue weighted by Gasteiger charge is 2.39. The number of nitrogens with two attached hydrogens (primary N) is 1. The zero-order valence-corrected chi connectivity index (χ0v) is 10.9. The van der Waals surface area contributed by atoms with E-state index in [-0.39, 0.29) is 11.3 Å². The van der Waals surface area contributed by atoms with Crippen LogP contribution < -0.4 is 11.1 Å². The Kier molecular flexibility index (Phi) is 4.05. The number of hydrogen-bond acceptors (Lipinski definition) is 3. The molecule has 0 bridgehead atoms. The van der Waals surface area contributed by atoms with Gasteiger partial charge in [0.05, 0.1) is 5.41 Å². The highest BCUT2D eigenvalue weighted by molar-refractivity contribution is 5.83. The van der Waals surface area contributed by atoms with Gasteiger partial charge in [0.2, 0.25) is 5.91 Å². The third kappa shape index (κ3) is 2.99. The third-order valence-electron chi connectivity index (χ3n) is 4.35. The van der Waals surface area contributed by atoms with Gasteiger partial charge in [-0.05, 0) is 32.7 Å². The first kappa shape index (κ1) is 12.8. The van der Waals surface area contributed by atoms with Crippen LogP contribution in [0.5, 0.6) is 0 Å². The Hall–Kier alpha value is -0.610. The molecule has 0 aromatic heterocycles. The van der Waals surface area contributed by atoms with E-state index in [9.17, 15) is 4.79 Å². The van der Waals surface area contributed by atoms with E-state index in [2.05, 4.69) is 17.3 Å². The summed E-state index contributed by atoms with van der Waals surface area (Å²) in [7, 11) is 2.14. The SMILES string of the molecule is CN(CCNC(=O)C1(CN)CCCC1)C1CC1. The summed E-state index contributed by atoms with van der Waals surface area (Å²) < 4.78 is 0.